The topological polar surface area (TPSA) is 65.0 Å². The Labute approximate surface area is 216 Å². The van der Waals surface area contributed by atoms with Gasteiger partial charge in [0.15, 0.2) is 11.0 Å². The summed E-state index contributed by atoms with van der Waals surface area (Å²) in [6.45, 7) is 5.36. The molecule has 1 aliphatic heterocycles. The van der Waals surface area contributed by atoms with Gasteiger partial charge in [-0.1, -0.05) is 60.7 Å². The maximum absolute atomic E-state index is 13.5. The molecule has 1 amide bonds. The van der Waals surface area contributed by atoms with Crippen molar-refractivity contribution in [3.8, 4) is 0 Å². The van der Waals surface area contributed by atoms with Gasteiger partial charge in [-0.3, -0.25) is 14.5 Å². The van der Waals surface area contributed by atoms with Crippen LogP contribution in [0.5, 0.6) is 0 Å². The van der Waals surface area contributed by atoms with E-state index >= 15 is 0 Å². The molecule has 1 N–H and O–H groups in total. The molecule has 0 bridgehead atoms. The second-order valence-electron chi connectivity index (χ2n) is 8.59. The summed E-state index contributed by atoms with van der Waals surface area (Å²) in [6.07, 6.45) is 1.89. The van der Waals surface area contributed by atoms with Crippen molar-refractivity contribution in [3.63, 3.8) is 0 Å². The highest BCUT2D eigenvalue weighted by molar-refractivity contribution is 8.18. The lowest BCUT2D eigenvalue weighted by Gasteiger charge is -2.17. The van der Waals surface area contributed by atoms with Crippen LogP contribution in [0.2, 0.25) is 0 Å². The first kappa shape index (κ1) is 25.3. The summed E-state index contributed by atoms with van der Waals surface area (Å²) in [7, 11) is 1.96. The predicted octanol–water partition coefficient (Wildman–Crippen LogP) is 6.06. The van der Waals surface area contributed by atoms with Crippen LogP contribution in [-0.2, 0) is 17.9 Å². The molecule has 0 unspecified atom stereocenters. The highest BCUT2D eigenvalue weighted by atomic mass is 32.2. The average molecular weight is 499 g/mol. The maximum atomic E-state index is 13.5. The number of nitrogens with one attached hydrogen (secondary N) is 1. The van der Waals surface area contributed by atoms with Crippen LogP contribution in [0, 0.1) is 0 Å². The fraction of sp³-hybridized carbons (Fsp3) is 0.207. The number of nitrogens with zero attached hydrogens (tertiary/aromatic N) is 3. The van der Waals surface area contributed by atoms with Crippen LogP contribution in [0.4, 0.5) is 11.4 Å². The predicted molar refractivity (Wildman–Crippen MR) is 148 cm³/mol. The summed E-state index contributed by atoms with van der Waals surface area (Å²) in [4.78, 5) is 34.8. The Balaban J connectivity index is 1.70. The summed E-state index contributed by atoms with van der Waals surface area (Å²) >= 11 is 1.35. The SMILES string of the molecule is CCNc1ccc(C(C)=O)cc1N=C1SC(=CN(C)Cc2ccccc2)C(=O)N1Cc1ccccc1. The summed E-state index contributed by atoms with van der Waals surface area (Å²) < 4.78 is 0. The van der Waals surface area contributed by atoms with Gasteiger partial charge in [0, 0.05) is 31.9 Å². The maximum Gasteiger partial charge on any atom is 0.268 e. The van der Waals surface area contributed by atoms with E-state index in [1.165, 1.54) is 24.2 Å². The van der Waals surface area contributed by atoms with Crippen molar-refractivity contribution in [2.45, 2.75) is 26.9 Å². The van der Waals surface area contributed by atoms with E-state index in [0.29, 0.717) is 41.0 Å². The highest BCUT2D eigenvalue weighted by Gasteiger charge is 2.34. The van der Waals surface area contributed by atoms with Crippen LogP contribution >= 0.6 is 11.8 Å². The molecule has 0 saturated carbocycles. The number of Topliss-reactive ketones (excluding diaryl/α,β-unsaturated/α-hetero) is 1. The number of ketones is 1. The number of aliphatic imine (C=N–C) groups is 1. The lowest BCUT2D eigenvalue weighted by atomic mass is 10.1. The Morgan fingerprint density at radius 2 is 1.69 bits per heavy atom. The van der Waals surface area contributed by atoms with Crippen molar-refractivity contribution in [3.05, 3.63) is 107 Å². The van der Waals surface area contributed by atoms with Crippen LogP contribution in [0.3, 0.4) is 0 Å². The number of anilines is 1. The zero-order valence-corrected chi connectivity index (χ0v) is 21.6. The van der Waals surface area contributed by atoms with Crippen molar-refractivity contribution >= 4 is 40.0 Å². The lowest BCUT2D eigenvalue weighted by Crippen LogP contribution is -2.28. The molecular weight excluding hydrogens is 468 g/mol. The number of benzene rings is 3. The standard InChI is InChI=1S/C29H30N4O2S/c1-4-30-25-16-15-24(21(2)34)17-26(25)31-29-33(19-23-13-9-6-10-14-23)28(35)27(36-29)20-32(3)18-22-11-7-5-8-12-22/h5-17,20,30H,4,18-19H2,1-3H3. The monoisotopic (exact) mass is 498 g/mol. The molecule has 6 nitrogen and oxygen atoms in total. The molecule has 0 atom stereocenters. The molecule has 1 fully saturated rings. The molecule has 0 aromatic heterocycles. The van der Waals surface area contributed by atoms with Crippen LogP contribution < -0.4 is 5.32 Å². The fourth-order valence-corrected chi connectivity index (χ4v) is 4.92. The normalized spacial score (nSPS) is 15.5. The largest absolute Gasteiger partial charge is 0.384 e. The van der Waals surface area contributed by atoms with Crippen LogP contribution in [0.1, 0.15) is 35.3 Å². The number of hydrogen-bond acceptors (Lipinski definition) is 6. The number of hydrogen-bond donors (Lipinski definition) is 1. The van der Waals surface area contributed by atoms with Crippen LogP contribution in [-0.4, -0.2) is 40.3 Å². The van der Waals surface area contributed by atoms with E-state index in [2.05, 4.69) is 17.4 Å². The first-order valence-electron chi connectivity index (χ1n) is 11.9. The molecule has 0 radical (unpaired) electrons. The van der Waals surface area contributed by atoms with Gasteiger partial charge in [0.2, 0.25) is 0 Å². The minimum Gasteiger partial charge on any atom is -0.384 e. The Morgan fingerprint density at radius 3 is 2.33 bits per heavy atom. The number of thioether (sulfide) groups is 1. The Bertz CT molecular complexity index is 1290. The fourth-order valence-electron chi connectivity index (χ4n) is 3.89. The first-order valence-corrected chi connectivity index (χ1v) is 12.7. The number of rotatable bonds is 9. The van der Waals surface area contributed by atoms with Crippen LogP contribution in [0.25, 0.3) is 0 Å². The van der Waals surface area contributed by atoms with Crippen molar-refractivity contribution in [2.24, 2.45) is 4.99 Å². The summed E-state index contributed by atoms with van der Waals surface area (Å²) in [5.41, 5.74) is 4.22. The van der Waals surface area contributed by atoms with Crippen molar-refractivity contribution in [1.29, 1.82) is 0 Å². The van der Waals surface area contributed by atoms with Crippen molar-refractivity contribution < 1.29 is 9.59 Å². The van der Waals surface area contributed by atoms with Crippen LogP contribution in [0.15, 0.2) is 95.0 Å². The molecule has 3 aromatic carbocycles. The van der Waals surface area contributed by atoms with Gasteiger partial charge in [0.1, 0.15) is 0 Å². The average Bonchev–Trinajstić information content (AvgIpc) is 3.15. The van der Waals surface area contributed by atoms with Gasteiger partial charge in [0.05, 0.1) is 22.8 Å². The summed E-state index contributed by atoms with van der Waals surface area (Å²) in [6, 6.07) is 25.5. The Morgan fingerprint density at radius 1 is 1.03 bits per heavy atom. The van der Waals surface area contributed by atoms with Gasteiger partial charge >= 0.3 is 0 Å². The second-order valence-corrected chi connectivity index (χ2v) is 9.59. The third-order valence-corrected chi connectivity index (χ3v) is 6.67. The smallest absolute Gasteiger partial charge is 0.268 e. The summed E-state index contributed by atoms with van der Waals surface area (Å²) in [5.74, 6) is -0.117. The third-order valence-electron chi connectivity index (χ3n) is 5.67. The molecule has 4 rings (SSSR count). The number of carbonyl (C=O) groups excluding carboxylic acids is 2. The molecule has 7 heteroatoms. The van der Waals surface area contributed by atoms with Gasteiger partial charge in [-0.2, -0.15) is 0 Å². The lowest BCUT2D eigenvalue weighted by molar-refractivity contribution is -0.122. The molecule has 0 spiro atoms. The molecule has 1 heterocycles. The van der Waals surface area contributed by atoms with E-state index in [9.17, 15) is 9.59 Å². The van der Waals surface area contributed by atoms with Gasteiger partial charge in [-0.05, 0) is 54.9 Å². The van der Waals surface area contributed by atoms with E-state index in [1.54, 1.807) is 17.0 Å². The van der Waals surface area contributed by atoms with E-state index in [1.807, 2.05) is 79.7 Å². The highest BCUT2D eigenvalue weighted by Crippen LogP contribution is 2.36. The third kappa shape index (κ3) is 6.23. The van der Waals surface area contributed by atoms with Crippen molar-refractivity contribution in [1.82, 2.24) is 9.80 Å². The van der Waals surface area contributed by atoms with E-state index < -0.39 is 0 Å². The van der Waals surface area contributed by atoms with E-state index in [4.69, 9.17) is 4.99 Å². The molecule has 184 valence electrons. The second kappa shape index (κ2) is 11.7. The van der Waals surface area contributed by atoms with Gasteiger partial charge < -0.3 is 10.2 Å². The van der Waals surface area contributed by atoms with Gasteiger partial charge in [-0.15, -0.1) is 0 Å². The molecule has 3 aromatic rings. The minimum atomic E-state index is -0.0877. The van der Waals surface area contributed by atoms with Crippen molar-refractivity contribution in [2.75, 3.05) is 18.9 Å². The van der Waals surface area contributed by atoms with Gasteiger partial charge in [-0.25, -0.2) is 4.99 Å². The number of carbonyl (C=O) groups is 2. The molecule has 0 aliphatic carbocycles. The van der Waals surface area contributed by atoms with E-state index in [-0.39, 0.29) is 11.7 Å². The Hall–Kier alpha value is -3.84. The number of amides is 1. The van der Waals surface area contributed by atoms with Gasteiger partial charge in [0.25, 0.3) is 5.91 Å². The van der Waals surface area contributed by atoms with E-state index in [0.717, 1.165) is 11.3 Å². The summed E-state index contributed by atoms with van der Waals surface area (Å²) in [5, 5.41) is 3.89. The molecule has 1 aliphatic rings. The number of amidine groups is 1. The quantitative estimate of drug-likeness (QED) is 0.287. The zero-order valence-electron chi connectivity index (χ0n) is 20.8. The molecule has 1 saturated heterocycles. The minimum absolute atomic E-state index is 0.0288. The molecular formula is C29H30N4O2S. The Kier molecular flexibility index (Phi) is 8.23. The first-order chi connectivity index (χ1) is 17.4. The zero-order chi connectivity index (χ0) is 25.5. The molecule has 36 heavy (non-hydrogen) atoms.